The number of aryl methyl sites for hydroxylation is 2. The maximum Gasteiger partial charge on any atom is 0.221 e. The van der Waals surface area contributed by atoms with E-state index in [1.54, 1.807) is 0 Å². The molecule has 0 spiro atoms. The molecular formula is C12H18N2O. The molecule has 0 saturated heterocycles. The van der Waals surface area contributed by atoms with Crippen LogP contribution >= 0.6 is 0 Å². The van der Waals surface area contributed by atoms with E-state index in [4.69, 9.17) is 0 Å². The second-order valence-corrected chi connectivity index (χ2v) is 3.69. The lowest BCUT2D eigenvalue weighted by atomic mass is 10.1. The Hall–Kier alpha value is -1.51. The molecule has 15 heavy (non-hydrogen) atoms. The monoisotopic (exact) mass is 206 g/mol. The van der Waals surface area contributed by atoms with Crippen molar-refractivity contribution in [2.24, 2.45) is 0 Å². The first-order valence-electron chi connectivity index (χ1n) is 5.17. The molecule has 1 aromatic rings. The Balaban J connectivity index is 3.05. The first-order valence-corrected chi connectivity index (χ1v) is 5.17. The summed E-state index contributed by atoms with van der Waals surface area (Å²) in [6.07, 6.45) is 0. The van der Waals surface area contributed by atoms with E-state index in [2.05, 4.69) is 30.5 Å². The quantitative estimate of drug-likeness (QED) is 0.798. The van der Waals surface area contributed by atoms with Crippen LogP contribution in [0.15, 0.2) is 12.1 Å². The van der Waals surface area contributed by atoms with Gasteiger partial charge in [-0.15, -0.1) is 0 Å². The lowest BCUT2D eigenvalue weighted by Gasteiger charge is -2.13. The maximum atomic E-state index is 11.0. The van der Waals surface area contributed by atoms with Crippen molar-refractivity contribution in [3.8, 4) is 0 Å². The molecule has 1 amide bonds. The Morgan fingerprint density at radius 2 is 1.80 bits per heavy atom. The van der Waals surface area contributed by atoms with Crippen LogP contribution in [0, 0.1) is 13.8 Å². The van der Waals surface area contributed by atoms with Crippen LogP contribution in [0.4, 0.5) is 11.4 Å². The summed E-state index contributed by atoms with van der Waals surface area (Å²) in [6.45, 7) is 8.50. The fraction of sp³-hybridized carbons (Fsp3) is 0.417. The van der Waals surface area contributed by atoms with Gasteiger partial charge in [-0.3, -0.25) is 4.79 Å². The Morgan fingerprint density at radius 1 is 1.20 bits per heavy atom. The molecule has 1 aromatic carbocycles. The van der Waals surface area contributed by atoms with Crippen LogP contribution in [-0.4, -0.2) is 12.5 Å². The minimum absolute atomic E-state index is 0.0376. The fourth-order valence-electron chi connectivity index (χ4n) is 1.56. The molecule has 0 radical (unpaired) electrons. The predicted octanol–water partition coefficient (Wildman–Crippen LogP) is 2.69. The highest BCUT2D eigenvalue weighted by Gasteiger charge is 2.04. The van der Waals surface area contributed by atoms with Gasteiger partial charge in [-0.1, -0.05) is 6.07 Å². The van der Waals surface area contributed by atoms with E-state index in [1.165, 1.54) is 12.5 Å². The summed E-state index contributed by atoms with van der Waals surface area (Å²) in [6, 6.07) is 4.05. The summed E-state index contributed by atoms with van der Waals surface area (Å²) in [4.78, 5) is 11.0. The van der Waals surface area contributed by atoms with Crippen LogP contribution in [0.25, 0.3) is 0 Å². The second kappa shape index (κ2) is 4.82. The van der Waals surface area contributed by atoms with Gasteiger partial charge < -0.3 is 10.6 Å². The lowest BCUT2D eigenvalue weighted by Crippen LogP contribution is -2.08. The van der Waals surface area contributed by atoms with E-state index in [0.29, 0.717) is 0 Å². The van der Waals surface area contributed by atoms with Gasteiger partial charge in [0, 0.05) is 24.8 Å². The van der Waals surface area contributed by atoms with E-state index in [9.17, 15) is 4.79 Å². The molecule has 1 rings (SSSR count). The highest BCUT2D eigenvalue weighted by Crippen LogP contribution is 2.24. The molecule has 0 unspecified atom stereocenters. The number of anilines is 2. The minimum Gasteiger partial charge on any atom is -0.385 e. The smallest absolute Gasteiger partial charge is 0.221 e. The van der Waals surface area contributed by atoms with E-state index in [0.717, 1.165) is 23.5 Å². The van der Waals surface area contributed by atoms with Gasteiger partial charge in [0.05, 0.1) is 0 Å². The Labute approximate surface area is 90.9 Å². The van der Waals surface area contributed by atoms with E-state index >= 15 is 0 Å². The van der Waals surface area contributed by atoms with Crippen LogP contribution < -0.4 is 10.6 Å². The number of benzene rings is 1. The molecule has 0 aromatic heterocycles. The van der Waals surface area contributed by atoms with Crippen molar-refractivity contribution < 1.29 is 4.79 Å². The number of amides is 1. The zero-order valence-corrected chi connectivity index (χ0v) is 9.77. The number of hydrogen-bond donors (Lipinski definition) is 2. The van der Waals surface area contributed by atoms with Gasteiger partial charge in [0.15, 0.2) is 0 Å². The summed E-state index contributed by atoms with van der Waals surface area (Å²) in [7, 11) is 0. The summed E-state index contributed by atoms with van der Waals surface area (Å²) in [5, 5.41) is 6.09. The molecule has 0 heterocycles. The first-order chi connectivity index (χ1) is 7.04. The third-order valence-electron chi connectivity index (χ3n) is 2.25. The molecule has 3 nitrogen and oxygen atoms in total. The number of carbonyl (C=O) groups is 1. The lowest BCUT2D eigenvalue weighted by molar-refractivity contribution is -0.114. The number of nitrogens with one attached hydrogen (secondary N) is 2. The average Bonchev–Trinajstić information content (AvgIpc) is 2.12. The van der Waals surface area contributed by atoms with Crippen molar-refractivity contribution in [2.45, 2.75) is 27.7 Å². The van der Waals surface area contributed by atoms with Crippen molar-refractivity contribution in [3.05, 3.63) is 23.3 Å². The molecule has 0 aliphatic heterocycles. The van der Waals surface area contributed by atoms with Gasteiger partial charge in [-0.05, 0) is 38.0 Å². The molecule has 2 N–H and O–H groups in total. The summed E-state index contributed by atoms with van der Waals surface area (Å²) >= 11 is 0. The maximum absolute atomic E-state index is 11.0. The fourth-order valence-corrected chi connectivity index (χ4v) is 1.56. The SMILES string of the molecule is CCNc1cc(NC(C)=O)c(C)cc1C. The molecule has 82 valence electrons. The van der Waals surface area contributed by atoms with Crippen molar-refractivity contribution in [3.63, 3.8) is 0 Å². The highest BCUT2D eigenvalue weighted by molar-refractivity contribution is 5.90. The summed E-state index contributed by atoms with van der Waals surface area (Å²) < 4.78 is 0. The van der Waals surface area contributed by atoms with Gasteiger partial charge in [-0.25, -0.2) is 0 Å². The highest BCUT2D eigenvalue weighted by atomic mass is 16.1. The van der Waals surface area contributed by atoms with Crippen LogP contribution in [0.1, 0.15) is 25.0 Å². The number of hydrogen-bond acceptors (Lipinski definition) is 2. The molecule has 3 heteroatoms. The first kappa shape index (κ1) is 11.6. The van der Waals surface area contributed by atoms with Gasteiger partial charge in [0.25, 0.3) is 0 Å². The molecule has 0 atom stereocenters. The minimum atomic E-state index is -0.0376. The normalized spacial score (nSPS) is 9.87. The number of rotatable bonds is 3. The van der Waals surface area contributed by atoms with Crippen LogP contribution in [0.3, 0.4) is 0 Å². The van der Waals surface area contributed by atoms with Gasteiger partial charge >= 0.3 is 0 Å². The Kier molecular flexibility index (Phi) is 3.72. The van der Waals surface area contributed by atoms with E-state index in [1.807, 2.05) is 13.0 Å². The standard InChI is InChI=1S/C12H18N2O/c1-5-13-11-7-12(14-10(4)15)9(3)6-8(11)2/h6-7,13H,5H2,1-4H3,(H,14,15). The molecule has 0 saturated carbocycles. The molecule has 0 aliphatic carbocycles. The third kappa shape index (κ3) is 2.98. The van der Waals surface area contributed by atoms with Crippen molar-refractivity contribution >= 4 is 17.3 Å². The van der Waals surface area contributed by atoms with Gasteiger partial charge in [0.1, 0.15) is 0 Å². The van der Waals surface area contributed by atoms with Crippen molar-refractivity contribution in [1.82, 2.24) is 0 Å². The van der Waals surface area contributed by atoms with Crippen molar-refractivity contribution in [2.75, 3.05) is 17.2 Å². The molecule has 0 aliphatic rings. The zero-order chi connectivity index (χ0) is 11.4. The van der Waals surface area contributed by atoms with Crippen molar-refractivity contribution in [1.29, 1.82) is 0 Å². The number of carbonyl (C=O) groups excluding carboxylic acids is 1. The Bertz CT molecular complexity index is 372. The van der Waals surface area contributed by atoms with Crippen LogP contribution in [-0.2, 0) is 4.79 Å². The zero-order valence-electron chi connectivity index (χ0n) is 9.77. The largest absolute Gasteiger partial charge is 0.385 e. The molecule has 0 bridgehead atoms. The van der Waals surface area contributed by atoms with E-state index in [-0.39, 0.29) is 5.91 Å². The predicted molar refractivity (Wildman–Crippen MR) is 64.4 cm³/mol. The second-order valence-electron chi connectivity index (χ2n) is 3.69. The summed E-state index contributed by atoms with van der Waals surface area (Å²) in [5.41, 5.74) is 4.24. The van der Waals surface area contributed by atoms with Crippen LogP contribution in [0.2, 0.25) is 0 Å². The van der Waals surface area contributed by atoms with Crippen LogP contribution in [0.5, 0.6) is 0 Å². The van der Waals surface area contributed by atoms with Gasteiger partial charge in [-0.2, -0.15) is 0 Å². The average molecular weight is 206 g/mol. The van der Waals surface area contributed by atoms with Gasteiger partial charge in [0.2, 0.25) is 5.91 Å². The summed E-state index contributed by atoms with van der Waals surface area (Å²) in [5.74, 6) is -0.0376. The molecule has 0 fully saturated rings. The molecular weight excluding hydrogens is 188 g/mol. The topological polar surface area (TPSA) is 41.1 Å². The third-order valence-corrected chi connectivity index (χ3v) is 2.25. The Morgan fingerprint density at radius 3 is 2.33 bits per heavy atom. The van der Waals surface area contributed by atoms with E-state index < -0.39 is 0 Å².